The lowest BCUT2D eigenvalue weighted by atomic mass is 10.1. The Bertz CT molecular complexity index is 204. The average Bonchev–Trinajstić information content (AvgIpc) is 2.16. The van der Waals surface area contributed by atoms with Gasteiger partial charge < -0.3 is 11.1 Å². The van der Waals surface area contributed by atoms with Crippen LogP contribution in [0.3, 0.4) is 0 Å². The van der Waals surface area contributed by atoms with Crippen molar-refractivity contribution in [3.63, 3.8) is 0 Å². The summed E-state index contributed by atoms with van der Waals surface area (Å²) in [5.41, 5.74) is 5.54. The Labute approximate surface area is 85.2 Å². The van der Waals surface area contributed by atoms with Crippen molar-refractivity contribution < 1.29 is 9.59 Å². The van der Waals surface area contributed by atoms with Crippen LogP contribution in [0, 0.1) is 0 Å². The number of rotatable bonds is 6. The molecule has 0 fully saturated rings. The predicted molar refractivity (Wildman–Crippen MR) is 55.8 cm³/mol. The lowest BCUT2D eigenvalue weighted by Gasteiger charge is -2.13. The van der Waals surface area contributed by atoms with Crippen molar-refractivity contribution >= 4 is 11.7 Å². The van der Waals surface area contributed by atoms with E-state index in [4.69, 9.17) is 5.73 Å². The molecule has 0 saturated carbocycles. The molecule has 82 valence electrons. The number of carbonyl (C=O) groups excluding carboxylic acids is 2. The van der Waals surface area contributed by atoms with Crippen molar-refractivity contribution in [2.75, 3.05) is 0 Å². The lowest BCUT2D eigenvalue weighted by molar-refractivity contribution is -0.139. The number of Topliss-reactive ketones (excluding diaryl/α,β-unsaturated/α-hetero) is 1. The Kier molecular flexibility index (Phi) is 6.12. The van der Waals surface area contributed by atoms with Crippen LogP contribution in [-0.4, -0.2) is 23.8 Å². The highest BCUT2D eigenvalue weighted by Gasteiger charge is 2.21. The minimum Gasteiger partial charge on any atom is -0.347 e. The molecule has 1 unspecified atom stereocenters. The van der Waals surface area contributed by atoms with Crippen molar-refractivity contribution in [3.8, 4) is 0 Å². The zero-order valence-electron chi connectivity index (χ0n) is 9.17. The molecule has 2 atom stereocenters. The fourth-order valence-corrected chi connectivity index (χ4v) is 1.01. The largest absolute Gasteiger partial charge is 0.347 e. The lowest BCUT2D eigenvalue weighted by Crippen LogP contribution is -2.45. The third-order valence-electron chi connectivity index (χ3n) is 2.15. The molecule has 0 aromatic rings. The molecular formula is C10H20N2O2. The summed E-state index contributed by atoms with van der Waals surface area (Å²) < 4.78 is 0. The van der Waals surface area contributed by atoms with Crippen LogP contribution in [0.1, 0.15) is 40.0 Å². The van der Waals surface area contributed by atoms with E-state index >= 15 is 0 Å². The molecule has 0 radical (unpaired) electrons. The van der Waals surface area contributed by atoms with Gasteiger partial charge in [0, 0.05) is 6.04 Å². The van der Waals surface area contributed by atoms with Gasteiger partial charge in [-0.15, -0.1) is 0 Å². The Balaban J connectivity index is 4.05. The van der Waals surface area contributed by atoms with Crippen molar-refractivity contribution in [3.05, 3.63) is 0 Å². The highest BCUT2D eigenvalue weighted by Crippen LogP contribution is 1.96. The van der Waals surface area contributed by atoms with E-state index in [9.17, 15) is 9.59 Å². The smallest absolute Gasteiger partial charge is 0.289 e. The third-order valence-corrected chi connectivity index (χ3v) is 2.15. The summed E-state index contributed by atoms with van der Waals surface area (Å²) in [6.45, 7) is 5.73. The van der Waals surface area contributed by atoms with Gasteiger partial charge in [0.2, 0.25) is 5.78 Å². The fourth-order valence-electron chi connectivity index (χ4n) is 1.01. The van der Waals surface area contributed by atoms with Gasteiger partial charge in [-0.25, -0.2) is 0 Å². The Hall–Kier alpha value is -0.900. The molecule has 0 saturated heterocycles. The van der Waals surface area contributed by atoms with Crippen LogP contribution in [0.5, 0.6) is 0 Å². The molecule has 0 heterocycles. The normalized spacial score (nSPS) is 14.6. The number of hydrogen-bond acceptors (Lipinski definition) is 3. The average molecular weight is 200 g/mol. The predicted octanol–water partition coefficient (Wildman–Crippen LogP) is 0.598. The number of ketones is 1. The number of hydrogen-bond donors (Lipinski definition) is 2. The molecule has 0 bridgehead atoms. The van der Waals surface area contributed by atoms with Crippen LogP contribution in [0.4, 0.5) is 0 Å². The first-order valence-electron chi connectivity index (χ1n) is 5.13. The van der Waals surface area contributed by atoms with Gasteiger partial charge >= 0.3 is 0 Å². The second-order valence-electron chi connectivity index (χ2n) is 3.54. The maximum absolute atomic E-state index is 11.3. The summed E-state index contributed by atoms with van der Waals surface area (Å²) in [5.74, 6) is -1.06. The molecule has 0 aromatic heterocycles. The van der Waals surface area contributed by atoms with Gasteiger partial charge in [0.05, 0.1) is 6.04 Å². The zero-order chi connectivity index (χ0) is 11.1. The molecule has 1 amide bonds. The van der Waals surface area contributed by atoms with E-state index in [1.807, 2.05) is 20.8 Å². The summed E-state index contributed by atoms with van der Waals surface area (Å²) in [6, 6.07) is -0.621. The number of nitrogens with two attached hydrogens (primary N) is 1. The quantitative estimate of drug-likeness (QED) is 0.617. The van der Waals surface area contributed by atoms with E-state index < -0.39 is 17.7 Å². The van der Waals surface area contributed by atoms with E-state index in [1.54, 1.807) is 0 Å². The first kappa shape index (κ1) is 13.1. The van der Waals surface area contributed by atoms with Gasteiger partial charge in [0.15, 0.2) is 0 Å². The summed E-state index contributed by atoms with van der Waals surface area (Å²) in [5, 5.41) is 2.60. The first-order chi connectivity index (χ1) is 6.52. The van der Waals surface area contributed by atoms with Crippen molar-refractivity contribution in [1.29, 1.82) is 0 Å². The van der Waals surface area contributed by atoms with Crippen LogP contribution < -0.4 is 11.1 Å². The molecule has 0 aliphatic heterocycles. The zero-order valence-corrected chi connectivity index (χ0v) is 9.17. The molecule has 0 aliphatic carbocycles. The standard InChI is InChI=1S/C10H20N2O2/c1-4-6-8(11)9(13)10(14)12-7(3)5-2/h7-8H,4-6,11H2,1-3H3,(H,12,14)/t7-,8?/m1/s1. The SMILES string of the molecule is CCCC(N)C(=O)C(=O)N[C@H](C)CC. The third kappa shape index (κ3) is 4.37. The Morgan fingerprint density at radius 3 is 2.36 bits per heavy atom. The minimum atomic E-state index is -0.649. The van der Waals surface area contributed by atoms with Crippen LogP contribution in [0.15, 0.2) is 0 Å². The molecule has 4 heteroatoms. The Morgan fingerprint density at radius 2 is 1.93 bits per heavy atom. The molecule has 3 N–H and O–H groups in total. The second-order valence-corrected chi connectivity index (χ2v) is 3.54. The number of nitrogens with one attached hydrogen (secondary N) is 1. The molecule has 0 aliphatic rings. The second kappa shape index (κ2) is 6.54. The summed E-state index contributed by atoms with van der Waals surface area (Å²) in [6.07, 6.45) is 2.18. The van der Waals surface area contributed by atoms with Crippen LogP contribution >= 0.6 is 0 Å². The summed E-state index contributed by atoms with van der Waals surface area (Å²) in [4.78, 5) is 22.6. The van der Waals surface area contributed by atoms with Gasteiger partial charge in [-0.3, -0.25) is 9.59 Å². The molecular weight excluding hydrogens is 180 g/mol. The van der Waals surface area contributed by atoms with Crippen LogP contribution in [-0.2, 0) is 9.59 Å². The monoisotopic (exact) mass is 200 g/mol. The van der Waals surface area contributed by atoms with Gasteiger partial charge in [0.1, 0.15) is 0 Å². The van der Waals surface area contributed by atoms with Gasteiger partial charge in [0.25, 0.3) is 5.91 Å². The molecule has 0 rings (SSSR count). The van der Waals surface area contributed by atoms with Crippen LogP contribution in [0.25, 0.3) is 0 Å². The van der Waals surface area contributed by atoms with Crippen molar-refractivity contribution in [2.45, 2.75) is 52.1 Å². The van der Waals surface area contributed by atoms with Crippen molar-refractivity contribution in [1.82, 2.24) is 5.32 Å². The number of amides is 1. The minimum absolute atomic E-state index is 0.0280. The Morgan fingerprint density at radius 1 is 1.36 bits per heavy atom. The van der Waals surface area contributed by atoms with Gasteiger partial charge in [-0.1, -0.05) is 20.3 Å². The molecule has 0 spiro atoms. The van der Waals surface area contributed by atoms with E-state index in [2.05, 4.69) is 5.32 Å². The maximum atomic E-state index is 11.3. The van der Waals surface area contributed by atoms with Crippen LogP contribution in [0.2, 0.25) is 0 Å². The highest BCUT2D eigenvalue weighted by molar-refractivity contribution is 6.38. The molecule has 0 aromatic carbocycles. The summed E-state index contributed by atoms with van der Waals surface area (Å²) in [7, 11) is 0. The maximum Gasteiger partial charge on any atom is 0.289 e. The highest BCUT2D eigenvalue weighted by atomic mass is 16.2. The van der Waals surface area contributed by atoms with E-state index in [0.29, 0.717) is 6.42 Å². The van der Waals surface area contributed by atoms with Crippen molar-refractivity contribution in [2.24, 2.45) is 5.73 Å². The first-order valence-corrected chi connectivity index (χ1v) is 5.13. The van der Waals surface area contributed by atoms with E-state index in [0.717, 1.165) is 12.8 Å². The van der Waals surface area contributed by atoms with E-state index in [-0.39, 0.29) is 6.04 Å². The summed E-state index contributed by atoms with van der Waals surface area (Å²) >= 11 is 0. The van der Waals surface area contributed by atoms with Gasteiger partial charge in [-0.05, 0) is 19.8 Å². The molecule has 4 nitrogen and oxygen atoms in total. The van der Waals surface area contributed by atoms with Gasteiger partial charge in [-0.2, -0.15) is 0 Å². The number of carbonyl (C=O) groups is 2. The molecule has 14 heavy (non-hydrogen) atoms. The fraction of sp³-hybridized carbons (Fsp3) is 0.800. The topological polar surface area (TPSA) is 72.2 Å². The van der Waals surface area contributed by atoms with E-state index in [1.165, 1.54) is 0 Å².